The molecule has 0 bridgehead atoms. The van der Waals surface area contributed by atoms with Gasteiger partial charge in [-0.25, -0.2) is 0 Å². The normalized spacial score (nSPS) is 11.3. The van der Waals surface area contributed by atoms with Gasteiger partial charge in [0.25, 0.3) is 0 Å². The van der Waals surface area contributed by atoms with Crippen LogP contribution in [0.3, 0.4) is 0 Å². The van der Waals surface area contributed by atoms with E-state index >= 15 is 0 Å². The molecule has 180 valence electrons. The first-order valence-corrected chi connectivity index (χ1v) is 13.8. The molecule has 0 N–H and O–H groups in total. The van der Waals surface area contributed by atoms with Crippen molar-refractivity contribution in [3.8, 4) is 0 Å². The van der Waals surface area contributed by atoms with Crippen LogP contribution in [-0.4, -0.2) is 12.6 Å². The monoisotopic (exact) mass is 424 g/mol. The van der Waals surface area contributed by atoms with Gasteiger partial charge in [-0.15, -0.1) is 0 Å². The van der Waals surface area contributed by atoms with E-state index in [9.17, 15) is 4.79 Å². The summed E-state index contributed by atoms with van der Waals surface area (Å²) in [5.41, 5.74) is 0. The SMILES string of the molecule is CCCCCCCCCCCCCOC(=O)CCCCCCCCCCCC(C)C. The van der Waals surface area contributed by atoms with Gasteiger partial charge in [0.2, 0.25) is 0 Å². The van der Waals surface area contributed by atoms with Crippen LogP contribution in [0.5, 0.6) is 0 Å². The van der Waals surface area contributed by atoms with Gasteiger partial charge in [-0.3, -0.25) is 4.79 Å². The van der Waals surface area contributed by atoms with E-state index in [0.29, 0.717) is 13.0 Å². The van der Waals surface area contributed by atoms with E-state index in [4.69, 9.17) is 4.74 Å². The molecular formula is C28H56O2. The van der Waals surface area contributed by atoms with Crippen molar-refractivity contribution in [1.29, 1.82) is 0 Å². The first-order chi connectivity index (χ1) is 14.7. The van der Waals surface area contributed by atoms with E-state index in [1.165, 1.54) is 122 Å². The second kappa shape index (κ2) is 24.7. The van der Waals surface area contributed by atoms with Crippen LogP contribution in [0, 0.1) is 5.92 Å². The first kappa shape index (κ1) is 29.5. The minimum atomic E-state index is 0.0206. The van der Waals surface area contributed by atoms with Crippen molar-refractivity contribution >= 4 is 5.97 Å². The highest BCUT2D eigenvalue weighted by atomic mass is 16.5. The average molecular weight is 425 g/mol. The second-order valence-electron chi connectivity index (χ2n) is 9.87. The van der Waals surface area contributed by atoms with Crippen LogP contribution >= 0.6 is 0 Å². The van der Waals surface area contributed by atoms with Crippen LogP contribution in [-0.2, 0) is 9.53 Å². The molecule has 0 aliphatic heterocycles. The molecule has 0 aliphatic carbocycles. The number of unbranched alkanes of at least 4 members (excludes halogenated alkanes) is 18. The molecule has 0 radical (unpaired) electrons. The van der Waals surface area contributed by atoms with Crippen molar-refractivity contribution in [1.82, 2.24) is 0 Å². The molecule has 0 spiro atoms. The van der Waals surface area contributed by atoms with Crippen LogP contribution in [0.1, 0.15) is 162 Å². The van der Waals surface area contributed by atoms with Gasteiger partial charge >= 0.3 is 5.97 Å². The molecule has 2 heteroatoms. The lowest BCUT2D eigenvalue weighted by Crippen LogP contribution is -2.05. The maximum atomic E-state index is 11.8. The molecule has 0 unspecified atom stereocenters. The van der Waals surface area contributed by atoms with Crippen molar-refractivity contribution in [2.24, 2.45) is 5.92 Å². The number of ether oxygens (including phenoxy) is 1. The lowest BCUT2D eigenvalue weighted by Gasteiger charge is -2.06. The van der Waals surface area contributed by atoms with Crippen molar-refractivity contribution in [2.75, 3.05) is 6.61 Å². The fraction of sp³-hybridized carbons (Fsp3) is 0.964. The van der Waals surface area contributed by atoms with E-state index in [0.717, 1.165) is 18.8 Å². The summed E-state index contributed by atoms with van der Waals surface area (Å²) >= 11 is 0. The quantitative estimate of drug-likeness (QED) is 0.114. The number of esters is 1. The molecule has 30 heavy (non-hydrogen) atoms. The summed E-state index contributed by atoms with van der Waals surface area (Å²) in [7, 11) is 0. The molecule has 0 amide bonds. The zero-order chi connectivity index (χ0) is 22.1. The zero-order valence-electron chi connectivity index (χ0n) is 21.2. The van der Waals surface area contributed by atoms with Gasteiger partial charge in [0, 0.05) is 6.42 Å². The van der Waals surface area contributed by atoms with E-state index in [-0.39, 0.29) is 5.97 Å². The van der Waals surface area contributed by atoms with Gasteiger partial charge in [0.1, 0.15) is 0 Å². The molecule has 0 aliphatic rings. The fourth-order valence-corrected chi connectivity index (χ4v) is 4.08. The van der Waals surface area contributed by atoms with Gasteiger partial charge in [0.15, 0.2) is 0 Å². The Kier molecular flexibility index (Phi) is 24.3. The number of hydrogen-bond donors (Lipinski definition) is 0. The lowest BCUT2D eigenvalue weighted by molar-refractivity contribution is -0.143. The molecule has 0 saturated heterocycles. The van der Waals surface area contributed by atoms with Gasteiger partial charge in [-0.1, -0.05) is 143 Å². The van der Waals surface area contributed by atoms with E-state index in [1.807, 2.05) is 0 Å². The highest BCUT2D eigenvalue weighted by Gasteiger charge is 2.02. The molecule has 0 rings (SSSR count). The van der Waals surface area contributed by atoms with Crippen molar-refractivity contribution in [3.63, 3.8) is 0 Å². The van der Waals surface area contributed by atoms with E-state index < -0.39 is 0 Å². The topological polar surface area (TPSA) is 26.3 Å². The molecule has 0 aromatic heterocycles. The number of carbonyl (C=O) groups excluding carboxylic acids is 1. The molecule has 0 aromatic carbocycles. The Bertz CT molecular complexity index is 338. The predicted octanol–water partition coefficient (Wildman–Crippen LogP) is 9.79. The first-order valence-electron chi connectivity index (χ1n) is 13.8. The minimum Gasteiger partial charge on any atom is -0.466 e. The van der Waals surface area contributed by atoms with Crippen molar-refractivity contribution in [3.05, 3.63) is 0 Å². The maximum Gasteiger partial charge on any atom is 0.305 e. The summed E-state index contributed by atoms with van der Waals surface area (Å²) in [4.78, 5) is 11.8. The molecule has 0 heterocycles. The van der Waals surface area contributed by atoms with Crippen LogP contribution in [0.4, 0.5) is 0 Å². The number of carbonyl (C=O) groups is 1. The smallest absolute Gasteiger partial charge is 0.305 e. The standard InChI is InChI=1S/C28H56O2/c1-4-5-6-7-8-9-10-14-17-20-23-26-30-28(29)25-22-19-16-13-11-12-15-18-21-24-27(2)3/h27H,4-26H2,1-3H3. The molecule has 0 atom stereocenters. The minimum absolute atomic E-state index is 0.0206. The number of hydrogen-bond acceptors (Lipinski definition) is 2. The van der Waals surface area contributed by atoms with Gasteiger partial charge < -0.3 is 4.74 Å². The maximum absolute atomic E-state index is 11.8. The van der Waals surface area contributed by atoms with Crippen LogP contribution < -0.4 is 0 Å². The second-order valence-corrected chi connectivity index (χ2v) is 9.87. The average Bonchev–Trinajstić information content (AvgIpc) is 2.72. The highest BCUT2D eigenvalue weighted by Crippen LogP contribution is 2.14. The Morgan fingerprint density at radius 2 is 0.967 bits per heavy atom. The molecule has 0 aromatic rings. The van der Waals surface area contributed by atoms with E-state index in [1.54, 1.807) is 0 Å². The van der Waals surface area contributed by atoms with Crippen LogP contribution in [0.2, 0.25) is 0 Å². The van der Waals surface area contributed by atoms with Crippen LogP contribution in [0.15, 0.2) is 0 Å². The van der Waals surface area contributed by atoms with Gasteiger partial charge in [0.05, 0.1) is 6.61 Å². The summed E-state index contributed by atoms with van der Waals surface area (Å²) in [6.45, 7) is 7.53. The van der Waals surface area contributed by atoms with E-state index in [2.05, 4.69) is 20.8 Å². The van der Waals surface area contributed by atoms with Gasteiger partial charge in [-0.2, -0.15) is 0 Å². The zero-order valence-corrected chi connectivity index (χ0v) is 21.2. The predicted molar refractivity (Wildman–Crippen MR) is 133 cm³/mol. The number of rotatable bonds is 24. The summed E-state index contributed by atoms with van der Waals surface area (Å²) < 4.78 is 5.39. The van der Waals surface area contributed by atoms with Crippen molar-refractivity contribution in [2.45, 2.75) is 162 Å². The Hall–Kier alpha value is -0.530. The Morgan fingerprint density at radius 1 is 0.567 bits per heavy atom. The molecule has 0 fully saturated rings. The third kappa shape index (κ3) is 25.5. The van der Waals surface area contributed by atoms with Crippen molar-refractivity contribution < 1.29 is 9.53 Å². The third-order valence-electron chi connectivity index (χ3n) is 6.17. The highest BCUT2D eigenvalue weighted by molar-refractivity contribution is 5.69. The summed E-state index contributed by atoms with van der Waals surface area (Å²) in [6, 6.07) is 0. The Labute approximate surface area is 190 Å². The lowest BCUT2D eigenvalue weighted by atomic mass is 10.0. The largest absolute Gasteiger partial charge is 0.466 e. The molecule has 2 nitrogen and oxygen atoms in total. The molecule has 0 saturated carbocycles. The summed E-state index contributed by atoms with van der Waals surface area (Å²) in [5.74, 6) is 0.878. The third-order valence-corrected chi connectivity index (χ3v) is 6.17. The fourth-order valence-electron chi connectivity index (χ4n) is 4.08. The van der Waals surface area contributed by atoms with Gasteiger partial charge in [-0.05, 0) is 18.8 Å². The summed E-state index contributed by atoms with van der Waals surface area (Å²) in [6.07, 6.45) is 28.4. The van der Waals surface area contributed by atoms with Crippen LogP contribution in [0.25, 0.3) is 0 Å². The Morgan fingerprint density at radius 3 is 1.43 bits per heavy atom. The summed E-state index contributed by atoms with van der Waals surface area (Å²) in [5, 5.41) is 0. The Balaban J connectivity index is 3.15. The molecular weight excluding hydrogens is 368 g/mol.